The normalized spacial score (nSPS) is 16.5. The van der Waals surface area contributed by atoms with Gasteiger partial charge in [-0.15, -0.1) is 0 Å². The maximum Gasteiger partial charge on any atom is 0.254 e. The van der Waals surface area contributed by atoms with Crippen molar-refractivity contribution < 1.29 is 18.7 Å². The number of halogens is 1. The van der Waals surface area contributed by atoms with Gasteiger partial charge in [0.2, 0.25) is 0 Å². The number of hydrogen-bond acceptors (Lipinski definition) is 3. The standard InChI is InChI=1S/C19H20FNO3/c1-12-16-11-18(24-3)17(23-2)10-13(16)7-8-21(12)19(22)14-5-4-6-15(20)9-14/h4-6,9-12H,7-8H2,1-3H3. The van der Waals surface area contributed by atoms with Crippen LogP contribution < -0.4 is 9.47 Å². The van der Waals surface area contributed by atoms with Crippen LogP contribution >= 0.6 is 0 Å². The van der Waals surface area contributed by atoms with Crippen LogP contribution in [0.4, 0.5) is 4.39 Å². The van der Waals surface area contributed by atoms with E-state index in [1.54, 1.807) is 31.3 Å². The van der Waals surface area contributed by atoms with Crippen LogP contribution in [0.2, 0.25) is 0 Å². The Balaban J connectivity index is 1.94. The summed E-state index contributed by atoms with van der Waals surface area (Å²) in [6.45, 7) is 2.56. The largest absolute Gasteiger partial charge is 0.493 e. The fourth-order valence-electron chi connectivity index (χ4n) is 3.21. The van der Waals surface area contributed by atoms with Crippen LogP contribution in [0, 0.1) is 5.82 Å². The average molecular weight is 329 g/mol. The van der Waals surface area contributed by atoms with Crippen molar-refractivity contribution >= 4 is 5.91 Å². The van der Waals surface area contributed by atoms with Crippen LogP contribution in [0.5, 0.6) is 11.5 Å². The molecule has 0 spiro atoms. The van der Waals surface area contributed by atoms with Gasteiger partial charge in [-0.05, 0) is 54.8 Å². The lowest BCUT2D eigenvalue weighted by molar-refractivity contribution is 0.0676. The number of methoxy groups -OCH3 is 2. The van der Waals surface area contributed by atoms with Crippen LogP contribution in [-0.2, 0) is 6.42 Å². The molecule has 3 rings (SSSR count). The molecule has 1 atom stereocenters. The second-order valence-electron chi connectivity index (χ2n) is 5.84. The van der Waals surface area contributed by atoms with Crippen LogP contribution in [0.1, 0.15) is 34.5 Å². The summed E-state index contributed by atoms with van der Waals surface area (Å²) in [4.78, 5) is 14.5. The van der Waals surface area contributed by atoms with Gasteiger partial charge >= 0.3 is 0 Å². The zero-order valence-corrected chi connectivity index (χ0v) is 14.0. The highest BCUT2D eigenvalue weighted by Crippen LogP contribution is 2.38. The molecule has 2 aromatic carbocycles. The van der Waals surface area contributed by atoms with Gasteiger partial charge in [0.05, 0.1) is 20.3 Å². The van der Waals surface area contributed by atoms with E-state index in [1.165, 1.54) is 12.1 Å². The maximum absolute atomic E-state index is 13.4. The number of carbonyl (C=O) groups excluding carboxylic acids is 1. The second kappa shape index (κ2) is 6.51. The number of ether oxygens (including phenoxy) is 2. The smallest absolute Gasteiger partial charge is 0.254 e. The Bertz CT molecular complexity index is 775. The van der Waals surface area contributed by atoms with E-state index in [2.05, 4.69) is 0 Å². The van der Waals surface area contributed by atoms with Crippen LogP contribution in [-0.4, -0.2) is 31.6 Å². The predicted molar refractivity (Wildman–Crippen MR) is 89.1 cm³/mol. The summed E-state index contributed by atoms with van der Waals surface area (Å²) in [7, 11) is 3.20. The van der Waals surface area contributed by atoms with Gasteiger partial charge in [-0.25, -0.2) is 4.39 Å². The molecule has 126 valence electrons. The molecule has 5 heteroatoms. The molecule has 0 aliphatic carbocycles. The lowest BCUT2D eigenvalue weighted by Crippen LogP contribution is -2.38. The van der Waals surface area contributed by atoms with E-state index < -0.39 is 5.82 Å². The highest BCUT2D eigenvalue weighted by Gasteiger charge is 2.29. The topological polar surface area (TPSA) is 38.8 Å². The van der Waals surface area contributed by atoms with E-state index >= 15 is 0 Å². The molecule has 0 N–H and O–H groups in total. The number of benzene rings is 2. The molecule has 0 aromatic heterocycles. The highest BCUT2D eigenvalue weighted by molar-refractivity contribution is 5.94. The second-order valence-corrected chi connectivity index (χ2v) is 5.84. The molecule has 2 aromatic rings. The summed E-state index contributed by atoms with van der Waals surface area (Å²) in [5, 5.41) is 0. The molecule has 0 saturated carbocycles. The number of nitrogens with zero attached hydrogens (tertiary/aromatic N) is 1. The molecule has 0 bridgehead atoms. The van der Waals surface area contributed by atoms with Crippen molar-refractivity contribution in [3.63, 3.8) is 0 Å². The van der Waals surface area contributed by atoms with Crippen LogP contribution in [0.25, 0.3) is 0 Å². The average Bonchev–Trinajstić information content (AvgIpc) is 2.60. The molecule has 1 amide bonds. The Morgan fingerprint density at radius 1 is 1.17 bits per heavy atom. The van der Waals surface area contributed by atoms with Crippen LogP contribution in [0.3, 0.4) is 0 Å². The highest BCUT2D eigenvalue weighted by atomic mass is 19.1. The van der Waals surface area contributed by atoms with E-state index in [-0.39, 0.29) is 11.9 Å². The molecule has 0 saturated heterocycles. The number of carbonyl (C=O) groups is 1. The van der Waals surface area contributed by atoms with E-state index in [0.717, 1.165) is 17.5 Å². The van der Waals surface area contributed by atoms with Crippen molar-refractivity contribution in [3.8, 4) is 11.5 Å². The monoisotopic (exact) mass is 329 g/mol. The van der Waals surface area contributed by atoms with Crippen molar-refractivity contribution in [2.75, 3.05) is 20.8 Å². The quantitative estimate of drug-likeness (QED) is 0.863. The minimum atomic E-state index is -0.405. The molecule has 1 aliphatic rings. The van der Waals surface area contributed by atoms with Crippen molar-refractivity contribution in [1.29, 1.82) is 0 Å². The Labute approximate surface area is 140 Å². The Morgan fingerprint density at radius 3 is 2.54 bits per heavy atom. The van der Waals surface area contributed by atoms with E-state index in [0.29, 0.717) is 23.6 Å². The molecule has 0 radical (unpaired) electrons. The van der Waals surface area contributed by atoms with Gasteiger partial charge in [-0.1, -0.05) is 6.07 Å². The minimum absolute atomic E-state index is 0.121. The summed E-state index contributed by atoms with van der Waals surface area (Å²) < 4.78 is 24.1. The van der Waals surface area contributed by atoms with Gasteiger partial charge in [0.25, 0.3) is 5.91 Å². The summed E-state index contributed by atoms with van der Waals surface area (Å²) in [5.74, 6) is 0.760. The molecule has 1 aliphatic heterocycles. The predicted octanol–water partition coefficient (Wildman–Crippen LogP) is 3.60. The first-order valence-corrected chi connectivity index (χ1v) is 7.86. The zero-order chi connectivity index (χ0) is 17.3. The third kappa shape index (κ3) is 2.82. The third-order valence-corrected chi connectivity index (χ3v) is 4.52. The first kappa shape index (κ1) is 16.3. The molecule has 1 heterocycles. The Morgan fingerprint density at radius 2 is 1.88 bits per heavy atom. The van der Waals surface area contributed by atoms with Gasteiger partial charge in [0.15, 0.2) is 11.5 Å². The number of rotatable bonds is 3. The van der Waals surface area contributed by atoms with E-state index in [4.69, 9.17) is 9.47 Å². The molecular weight excluding hydrogens is 309 g/mol. The van der Waals surface area contributed by atoms with Gasteiger partial charge in [0.1, 0.15) is 5.82 Å². The van der Waals surface area contributed by atoms with E-state index in [9.17, 15) is 9.18 Å². The number of hydrogen-bond donors (Lipinski definition) is 0. The van der Waals surface area contributed by atoms with Crippen molar-refractivity contribution in [3.05, 3.63) is 58.9 Å². The molecular formula is C19H20FNO3. The van der Waals surface area contributed by atoms with E-state index in [1.807, 2.05) is 19.1 Å². The van der Waals surface area contributed by atoms with Crippen molar-refractivity contribution in [2.45, 2.75) is 19.4 Å². The molecule has 1 unspecified atom stereocenters. The number of amides is 1. The lowest BCUT2D eigenvalue weighted by atomic mass is 9.92. The van der Waals surface area contributed by atoms with Crippen molar-refractivity contribution in [2.24, 2.45) is 0 Å². The van der Waals surface area contributed by atoms with Gasteiger partial charge < -0.3 is 14.4 Å². The summed E-state index contributed by atoms with van der Waals surface area (Å²) in [6.07, 6.45) is 0.723. The SMILES string of the molecule is COc1cc2c(cc1OC)C(C)N(C(=O)c1cccc(F)c1)CC2. The molecule has 4 nitrogen and oxygen atoms in total. The maximum atomic E-state index is 13.4. The number of fused-ring (bicyclic) bond motifs is 1. The first-order valence-electron chi connectivity index (χ1n) is 7.86. The lowest BCUT2D eigenvalue weighted by Gasteiger charge is -2.36. The van der Waals surface area contributed by atoms with Gasteiger partial charge in [0, 0.05) is 12.1 Å². The van der Waals surface area contributed by atoms with Crippen molar-refractivity contribution in [1.82, 2.24) is 4.90 Å². The summed E-state index contributed by atoms with van der Waals surface area (Å²) >= 11 is 0. The Kier molecular flexibility index (Phi) is 4.42. The van der Waals surface area contributed by atoms with Gasteiger partial charge in [-0.3, -0.25) is 4.79 Å². The minimum Gasteiger partial charge on any atom is -0.493 e. The van der Waals surface area contributed by atoms with Gasteiger partial charge in [-0.2, -0.15) is 0 Å². The summed E-state index contributed by atoms with van der Waals surface area (Å²) in [5.41, 5.74) is 2.54. The molecule has 0 fully saturated rings. The fraction of sp³-hybridized carbons (Fsp3) is 0.316. The Hall–Kier alpha value is -2.56. The fourth-order valence-corrected chi connectivity index (χ4v) is 3.21. The summed E-state index contributed by atoms with van der Waals surface area (Å²) in [6, 6.07) is 9.58. The van der Waals surface area contributed by atoms with Crippen LogP contribution in [0.15, 0.2) is 36.4 Å². The molecule has 24 heavy (non-hydrogen) atoms. The first-order chi connectivity index (χ1) is 11.5. The third-order valence-electron chi connectivity index (χ3n) is 4.52. The zero-order valence-electron chi connectivity index (χ0n) is 14.0.